The van der Waals surface area contributed by atoms with Gasteiger partial charge in [0.2, 0.25) is 0 Å². The Morgan fingerprint density at radius 1 is 1.14 bits per heavy atom. The number of nitrogens with zero attached hydrogens (tertiary/aromatic N) is 1. The third-order valence-corrected chi connectivity index (χ3v) is 3.37. The van der Waals surface area contributed by atoms with Gasteiger partial charge in [0.1, 0.15) is 12.4 Å². The van der Waals surface area contributed by atoms with Crippen molar-refractivity contribution in [2.24, 2.45) is 0 Å². The molecule has 0 saturated heterocycles. The Hall–Kier alpha value is -1.87. The van der Waals surface area contributed by atoms with Crippen molar-refractivity contribution in [2.45, 2.75) is 40.3 Å². The van der Waals surface area contributed by atoms with E-state index in [1.54, 1.807) is 6.20 Å². The molecule has 0 radical (unpaired) electrons. The number of nitrogens with one attached hydrogen (secondary N) is 1. The highest BCUT2D eigenvalue weighted by atomic mass is 16.5. The fourth-order valence-corrected chi connectivity index (χ4v) is 2.41. The van der Waals surface area contributed by atoms with E-state index in [1.165, 1.54) is 16.7 Å². The van der Waals surface area contributed by atoms with Gasteiger partial charge in [-0.1, -0.05) is 25.1 Å². The summed E-state index contributed by atoms with van der Waals surface area (Å²) >= 11 is 0. The van der Waals surface area contributed by atoms with Crippen molar-refractivity contribution >= 4 is 0 Å². The molecule has 3 nitrogen and oxygen atoms in total. The van der Waals surface area contributed by atoms with Crippen LogP contribution in [-0.2, 0) is 13.2 Å². The number of ether oxygens (including phenoxy) is 1. The first-order valence-electron chi connectivity index (χ1n) is 7.54. The summed E-state index contributed by atoms with van der Waals surface area (Å²) in [7, 11) is 0. The third kappa shape index (κ3) is 4.57. The third-order valence-electron chi connectivity index (χ3n) is 3.37. The van der Waals surface area contributed by atoms with Gasteiger partial charge in [-0.15, -0.1) is 0 Å². The Morgan fingerprint density at radius 2 is 1.90 bits per heavy atom. The number of aromatic nitrogens is 1. The summed E-state index contributed by atoms with van der Waals surface area (Å²) in [5, 5.41) is 3.43. The van der Waals surface area contributed by atoms with E-state index in [0.29, 0.717) is 6.61 Å². The largest absolute Gasteiger partial charge is 0.487 e. The van der Waals surface area contributed by atoms with E-state index in [9.17, 15) is 0 Å². The van der Waals surface area contributed by atoms with Gasteiger partial charge in [-0.2, -0.15) is 0 Å². The fraction of sp³-hybridized carbons (Fsp3) is 0.389. The second-order valence-electron chi connectivity index (χ2n) is 5.35. The molecule has 0 aliphatic carbocycles. The minimum absolute atomic E-state index is 0.510. The van der Waals surface area contributed by atoms with Crippen LogP contribution in [0.1, 0.15) is 35.7 Å². The Morgan fingerprint density at radius 3 is 2.52 bits per heavy atom. The minimum Gasteiger partial charge on any atom is -0.487 e. The Bertz CT molecular complexity index is 544. The average Bonchev–Trinajstić information content (AvgIpc) is 2.48. The maximum atomic E-state index is 5.95. The van der Waals surface area contributed by atoms with Crippen molar-refractivity contribution in [1.29, 1.82) is 0 Å². The zero-order chi connectivity index (χ0) is 15.1. The van der Waals surface area contributed by atoms with Gasteiger partial charge in [0.15, 0.2) is 0 Å². The summed E-state index contributed by atoms with van der Waals surface area (Å²) < 4.78 is 5.95. The summed E-state index contributed by atoms with van der Waals surface area (Å²) in [6.45, 7) is 8.86. The smallest absolute Gasteiger partial charge is 0.130 e. The van der Waals surface area contributed by atoms with Crippen molar-refractivity contribution in [3.63, 3.8) is 0 Å². The zero-order valence-corrected chi connectivity index (χ0v) is 13.1. The molecule has 0 amide bonds. The molecule has 0 fully saturated rings. The predicted molar refractivity (Wildman–Crippen MR) is 86.5 cm³/mol. The molecule has 3 heteroatoms. The van der Waals surface area contributed by atoms with Gasteiger partial charge >= 0.3 is 0 Å². The van der Waals surface area contributed by atoms with Gasteiger partial charge in [-0.3, -0.25) is 4.98 Å². The first kappa shape index (κ1) is 15.5. The fourth-order valence-electron chi connectivity index (χ4n) is 2.41. The van der Waals surface area contributed by atoms with Crippen LogP contribution in [0, 0.1) is 13.8 Å². The molecule has 0 aliphatic rings. The summed E-state index contributed by atoms with van der Waals surface area (Å²) in [6, 6.07) is 10.3. The van der Waals surface area contributed by atoms with E-state index < -0.39 is 0 Å². The lowest BCUT2D eigenvalue weighted by molar-refractivity contribution is 0.297. The molecule has 2 aromatic rings. The zero-order valence-electron chi connectivity index (χ0n) is 13.1. The number of pyridine rings is 1. The first-order chi connectivity index (χ1) is 10.2. The predicted octanol–water partition coefficient (Wildman–Crippen LogP) is 3.78. The lowest BCUT2D eigenvalue weighted by Gasteiger charge is -2.14. The van der Waals surface area contributed by atoms with Gasteiger partial charge in [0, 0.05) is 12.7 Å². The number of rotatable bonds is 7. The van der Waals surface area contributed by atoms with Gasteiger partial charge in [0.25, 0.3) is 0 Å². The molecule has 2 rings (SSSR count). The van der Waals surface area contributed by atoms with Crippen LogP contribution < -0.4 is 10.1 Å². The van der Waals surface area contributed by atoms with Crippen molar-refractivity contribution in [1.82, 2.24) is 10.3 Å². The second kappa shape index (κ2) is 7.79. The topological polar surface area (TPSA) is 34.1 Å². The molecular weight excluding hydrogens is 260 g/mol. The van der Waals surface area contributed by atoms with Gasteiger partial charge in [-0.05, 0) is 55.6 Å². The van der Waals surface area contributed by atoms with Crippen LogP contribution >= 0.6 is 0 Å². The highest BCUT2D eigenvalue weighted by Crippen LogP contribution is 2.25. The summed E-state index contributed by atoms with van der Waals surface area (Å²) in [5.41, 5.74) is 4.62. The van der Waals surface area contributed by atoms with Crippen LogP contribution in [0.5, 0.6) is 5.75 Å². The van der Waals surface area contributed by atoms with Crippen LogP contribution in [0.2, 0.25) is 0 Å². The van der Waals surface area contributed by atoms with Crippen molar-refractivity contribution in [3.8, 4) is 5.75 Å². The molecule has 0 unspecified atom stereocenters. The number of benzene rings is 1. The molecule has 112 valence electrons. The normalized spacial score (nSPS) is 10.6. The van der Waals surface area contributed by atoms with E-state index >= 15 is 0 Å². The van der Waals surface area contributed by atoms with E-state index in [2.05, 4.69) is 43.2 Å². The van der Waals surface area contributed by atoms with Crippen LogP contribution in [0.15, 0.2) is 36.5 Å². The maximum Gasteiger partial charge on any atom is 0.130 e. The van der Waals surface area contributed by atoms with Crippen molar-refractivity contribution in [2.75, 3.05) is 6.54 Å². The molecule has 0 aliphatic heterocycles. The first-order valence-corrected chi connectivity index (χ1v) is 7.54. The number of aryl methyl sites for hydroxylation is 2. The van der Waals surface area contributed by atoms with Crippen LogP contribution in [0.4, 0.5) is 0 Å². The Kier molecular flexibility index (Phi) is 5.76. The number of hydrogen-bond donors (Lipinski definition) is 1. The SMILES string of the molecule is CCCNCc1cc(C)c(OCc2ccccn2)c(C)c1. The maximum absolute atomic E-state index is 5.95. The lowest BCUT2D eigenvalue weighted by Crippen LogP contribution is -2.14. The van der Waals surface area contributed by atoms with E-state index in [-0.39, 0.29) is 0 Å². The van der Waals surface area contributed by atoms with E-state index in [0.717, 1.165) is 31.0 Å². The van der Waals surface area contributed by atoms with E-state index in [1.807, 2.05) is 18.2 Å². The van der Waals surface area contributed by atoms with Gasteiger partial charge in [-0.25, -0.2) is 0 Å². The molecule has 1 aromatic carbocycles. The number of hydrogen-bond acceptors (Lipinski definition) is 3. The minimum atomic E-state index is 0.510. The van der Waals surface area contributed by atoms with Crippen LogP contribution in [-0.4, -0.2) is 11.5 Å². The standard InChI is InChI=1S/C18H24N2O/c1-4-8-19-12-16-10-14(2)18(15(3)11-16)21-13-17-7-5-6-9-20-17/h5-7,9-11,19H,4,8,12-13H2,1-3H3. The molecule has 0 atom stereocenters. The highest BCUT2D eigenvalue weighted by molar-refractivity contribution is 5.43. The van der Waals surface area contributed by atoms with Crippen molar-refractivity contribution < 1.29 is 4.74 Å². The summed E-state index contributed by atoms with van der Waals surface area (Å²) in [5.74, 6) is 0.972. The average molecular weight is 284 g/mol. The molecule has 1 N–H and O–H groups in total. The van der Waals surface area contributed by atoms with Crippen LogP contribution in [0.25, 0.3) is 0 Å². The molecular formula is C18H24N2O. The molecule has 21 heavy (non-hydrogen) atoms. The summed E-state index contributed by atoms with van der Waals surface area (Å²) in [6.07, 6.45) is 2.95. The van der Waals surface area contributed by atoms with E-state index in [4.69, 9.17) is 4.74 Å². The van der Waals surface area contributed by atoms with Crippen LogP contribution in [0.3, 0.4) is 0 Å². The monoisotopic (exact) mass is 284 g/mol. The molecule has 0 saturated carbocycles. The Labute approximate surface area is 127 Å². The Balaban J connectivity index is 2.03. The molecule has 1 heterocycles. The highest BCUT2D eigenvalue weighted by Gasteiger charge is 2.07. The van der Waals surface area contributed by atoms with Gasteiger partial charge in [0.05, 0.1) is 5.69 Å². The van der Waals surface area contributed by atoms with Crippen molar-refractivity contribution in [3.05, 3.63) is 58.9 Å². The molecule has 1 aromatic heterocycles. The molecule has 0 bridgehead atoms. The lowest BCUT2D eigenvalue weighted by atomic mass is 10.1. The molecule has 0 spiro atoms. The van der Waals surface area contributed by atoms with Gasteiger partial charge < -0.3 is 10.1 Å². The quantitative estimate of drug-likeness (QED) is 0.786. The second-order valence-corrected chi connectivity index (χ2v) is 5.35. The summed E-state index contributed by atoms with van der Waals surface area (Å²) in [4.78, 5) is 4.29.